The second kappa shape index (κ2) is 6.94. The first-order chi connectivity index (χ1) is 11.7. The minimum absolute atomic E-state index is 0.129. The van der Waals surface area contributed by atoms with Crippen LogP contribution in [0.3, 0.4) is 0 Å². The molecule has 3 rings (SSSR count). The number of carbonyl (C=O) groups excluding carboxylic acids is 2. The highest BCUT2D eigenvalue weighted by Crippen LogP contribution is 2.15. The molecular weight excluding hydrogens is 310 g/mol. The van der Waals surface area contributed by atoms with Gasteiger partial charge in [-0.2, -0.15) is 5.26 Å². The van der Waals surface area contributed by atoms with Crippen molar-refractivity contribution in [2.24, 2.45) is 0 Å². The zero-order valence-corrected chi connectivity index (χ0v) is 12.6. The van der Waals surface area contributed by atoms with Crippen molar-refractivity contribution in [1.82, 2.24) is 0 Å². The van der Waals surface area contributed by atoms with Crippen molar-refractivity contribution in [2.45, 2.75) is 12.7 Å². The number of ether oxygens (including phenoxy) is 3. The Hall–Kier alpha value is -3.17. The molecule has 0 amide bonds. The van der Waals surface area contributed by atoms with E-state index in [2.05, 4.69) is 0 Å². The molecule has 0 aliphatic carbocycles. The summed E-state index contributed by atoms with van der Waals surface area (Å²) >= 11 is 0. The van der Waals surface area contributed by atoms with Crippen molar-refractivity contribution in [3.8, 4) is 11.8 Å². The Kier molecular flexibility index (Phi) is 4.54. The van der Waals surface area contributed by atoms with Crippen LogP contribution in [0.1, 0.15) is 21.5 Å². The molecule has 2 aromatic carbocycles. The van der Waals surface area contributed by atoms with Gasteiger partial charge in [0.15, 0.2) is 6.10 Å². The van der Waals surface area contributed by atoms with E-state index in [-0.39, 0.29) is 12.6 Å². The molecule has 0 N–H and O–H groups in total. The molecule has 1 unspecified atom stereocenters. The van der Waals surface area contributed by atoms with Gasteiger partial charge in [0, 0.05) is 0 Å². The van der Waals surface area contributed by atoms with Crippen molar-refractivity contribution in [1.29, 1.82) is 5.26 Å². The number of esters is 2. The number of hydrogen-bond acceptors (Lipinski definition) is 6. The van der Waals surface area contributed by atoms with Gasteiger partial charge >= 0.3 is 11.9 Å². The van der Waals surface area contributed by atoms with Gasteiger partial charge in [-0.3, -0.25) is 0 Å². The monoisotopic (exact) mass is 323 g/mol. The molecule has 0 spiro atoms. The summed E-state index contributed by atoms with van der Waals surface area (Å²) in [5, 5.41) is 8.73. The fraction of sp³-hybridized carbons (Fsp3) is 0.167. The molecule has 2 aromatic rings. The number of carbonyl (C=O) groups is 2. The van der Waals surface area contributed by atoms with Gasteiger partial charge in [0.1, 0.15) is 12.4 Å². The summed E-state index contributed by atoms with van der Waals surface area (Å²) in [6.45, 7) is 0.544. The second-order valence-electron chi connectivity index (χ2n) is 5.15. The minimum Gasteiger partial charge on any atom is -0.459 e. The van der Waals surface area contributed by atoms with Crippen LogP contribution in [0.4, 0.5) is 0 Å². The van der Waals surface area contributed by atoms with Crippen LogP contribution in [0.25, 0.3) is 0 Å². The van der Waals surface area contributed by atoms with Crippen molar-refractivity contribution < 1.29 is 23.8 Å². The first kappa shape index (κ1) is 15.7. The highest BCUT2D eigenvalue weighted by molar-refractivity contribution is 5.91. The molecule has 24 heavy (non-hydrogen) atoms. The fourth-order valence-corrected chi connectivity index (χ4v) is 1.93. The molecular formula is C18H13NO5. The van der Waals surface area contributed by atoms with Gasteiger partial charge in [-0.15, -0.1) is 0 Å². The summed E-state index contributed by atoms with van der Waals surface area (Å²) < 4.78 is 15.1. The average molecular weight is 323 g/mol. The number of rotatable bonds is 5. The standard InChI is InChI=1S/C18H13NO5/c19-9-12-3-7-15(8-4-12)24-17(20)14-5-1-13(2-6-14)10-23-18(21)16-11-22-16/h1-8,16H,10-11H2. The molecule has 1 heterocycles. The normalized spacial score (nSPS) is 15.2. The zero-order chi connectivity index (χ0) is 16.9. The Morgan fingerprint density at radius 1 is 1.12 bits per heavy atom. The third kappa shape index (κ3) is 3.97. The number of nitrogens with zero attached hydrogens (tertiary/aromatic N) is 1. The maximum absolute atomic E-state index is 12.1. The summed E-state index contributed by atoms with van der Waals surface area (Å²) in [5.41, 5.74) is 1.63. The lowest BCUT2D eigenvalue weighted by Crippen LogP contribution is -2.11. The Bertz CT molecular complexity index is 786. The van der Waals surface area contributed by atoms with Crippen LogP contribution in [0, 0.1) is 11.3 Å². The number of nitriles is 1. The zero-order valence-electron chi connectivity index (χ0n) is 12.6. The fourth-order valence-electron chi connectivity index (χ4n) is 1.93. The van der Waals surface area contributed by atoms with Gasteiger partial charge < -0.3 is 14.2 Å². The van der Waals surface area contributed by atoms with Gasteiger partial charge in [0.05, 0.1) is 23.8 Å². The number of benzene rings is 2. The van der Waals surface area contributed by atoms with E-state index >= 15 is 0 Å². The third-order valence-electron chi connectivity index (χ3n) is 3.36. The van der Waals surface area contributed by atoms with E-state index in [0.29, 0.717) is 23.5 Å². The Morgan fingerprint density at radius 2 is 1.79 bits per heavy atom. The molecule has 6 nitrogen and oxygen atoms in total. The van der Waals surface area contributed by atoms with Crippen molar-refractivity contribution in [3.05, 3.63) is 65.2 Å². The van der Waals surface area contributed by atoms with Crippen LogP contribution in [0.2, 0.25) is 0 Å². The van der Waals surface area contributed by atoms with E-state index in [4.69, 9.17) is 19.5 Å². The van der Waals surface area contributed by atoms with Gasteiger partial charge in [0.25, 0.3) is 0 Å². The van der Waals surface area contributed by atoms with E-state index in [1.807, 2.05) is 6.07 Å². The lowest BCUT2D eigenvalue weighted by atomic mass is 10.1. The Balaban J connectivity index is 1.56. The SMILES string of the molecule is N#Cc1ccc(OC(=O)c2ccc(COC(=O)C3CO3)cc2)cc1. The molecule has 120 valence electrons. The Morgan fingerprint density at radius 3 is 2.38 bits per heavy atom. The summed E-state index contributed by atoms with van der Waals surface area (Å²) in [5.74, 6) is -0.518. The first-order valence-electron chi connectivity index (χ1n) is 7.25. The quantitative estimate of drug-likeness (QED) is 0.476. The van der Waals surface area contributed by atoms with Gasteiger partial charge in [-0.05, 0) is 42.0 Å². The number of hydrogen-bond donors (Lipinski definition) is 0. The largest absolute Gasteiger partial charge is 0.459 e. The first-order valence-corrected chi connectivity index (χ1v) is 7.25. The van der Waals surface area contributed by atoms with Crippen LogP contribution in [0.15, 0.2) is 48.5 Å². The topological polar surface area (TPSA) is 88.9 Å². The third-order valence-corrected chi connectivity index (χ3v) is 3.36. The van der Waals surface area contributed by atoms with Crippen LogP contribution in [0.5, 0.6) is 5.75 Å². The summed E-state index contributed by atoms with van der Waals surface area (Å²) in [7, 11) is 0. The second-order valence-corrected chi connectivity index (χ2v) is 5.15. The van der Waals surface area contributed by atoms with Gasteiger partial charge in [-0.1, -0.05) is 12.1 Å². The highest BCUT2D eigenvalue weighted by Gasteiger charge is 2.32. The van der Waals surface area contributed by atoms with E-state index in [9.17, 15) is 9.59 Å². The molecule has 1 aliphatic rings. The van der Waals surface area contributed by atoms with Gasteiger partial charge in [-0.25, -0.2) is 9.59 Å². The van der Waals surface area contributed by atoms with Crippen LogP contribution >= 0.6 is 0 Å². The molecule has 0 radical (unpaired) electrons. The predicted octanol–water partition coefficient (Wildman–Crippen LogP) is 2.22. The number of epoxide rings is 1. The van der Waals surface area contributed by atoms with Crippen molar-refractivity contribution in [3.63, 3.8) is 0 Å². The average Bonchev–Trinajstić information content (AvgIpc) is 3.46. The molecule has 0 bridgehead atoms. The lowest BCUT2D eigenvalue weighted by molar-refractivity contribution is -0.146. The van der Waals surface area contributed by atoms with E-state index in [1.54, 1.807) is 48.5 Å². The van der Waals surface area contributed by atoms with Crippen LogP contribution in [-0.4, -0.2) is 24.6 Å². The summed E-state index contributed by atoms with van der Waals surface area (Å²) in [4.78, 5) is 23.4. The Labute approximate surface area is 138 Å². The maximum atomic E-state index is 12.1. The molecule has 0 saturated carbocycles. The minimum atomic E-state index is -0.505. The van der Waals surface area contributed by atoms with E-state index in [1.165, 1.54) is 0 Å². The predicted molar refractivity (Wildman–Crippen MR) is 82.1 cm³/mol. The van der Waals surface area contributed by atoms with E-state index in [0.717, 1.165) is 5.56 Å². The van der Waals surface area contributed by atoms with Gasteiger partial charge in [0.2, 0.25) is 0 Å². The highest BCUT2D eigenvalue weighted by atomic mass is 16.6. The summed E-state index contributed by atoms with van der Waals surface area (Å²) in [6.07, 6.45) is -0.424. The molecule has 1 fully saturated rings. The molecule has 6 heteroatoms. The summed E-state index contributed by atoms with van der Waals surface area (Å²) in [6, 6.07) is 14.8. The van der Waals surface area contributed by atoms with E-state index < -0.39 is 12.1 Å². The van der Waals surface area contributed by atoms with Crippen molar-refractivity contribution in [2.75, 3.05) is 6.61 Å². The molecule has 1 aliphatic heterocycles. The van der Waals surface area contributed by atoms with Crippen LogP contribution < -0.4 is 4.74 Å². The maximum Gasteiger partial charge on any atom is 0.343 e. The lowest BCUT2D eigenvalue weighted by Gasteiger charge is -2.06. The van der Waals surface area contributed by atoms with Crippen LogP contribution in [-0.2, 0) is 20.9 Å². The molecule has 1 saturated heterocycles. The smallest absolute Gasteiger partial charge is 0.343 e. The molecule has 1 atom stereocenters. The van der Waals surface area contributed by atoms with Crippen molar-refractivity contribution >= 4 is 11.9 Å². The molecule has 0 aromatic heterocycles.